The van der Waals surface area contributed by atoms with Crippen LogP contribution >= 0.6 is 0 Å². The van der Waals surface area contributed by atoms with E-state index < -0.39 is 17.5 Å². The molecule has 0 radical (unpaired) electrons. The predicted octanol–water partition coefficient (Wildman–Crippen LogP) is 1.57. The van der Waals surface area contributed by atoms with Gasteiger partial charge in [-0.05, 0) is 37.7 Å². The average Bonchev–Trinajstić information content (AvgIpc) is 3.49. The van der Waals surface area contributed by atoms with E-state index in [0.29, 0.717) is 31.3 Å². The molecule has 142 valence electrons. The molecule has 0 aromatic carbocycles. The van der Waals surface area contributed by atoms with Gasteiger partial charge in [0.15, 0.2) is 0 Å². The molecule has 26 heavy (non-hydrogen) atoms. The zero-order valence-electron chi connectivity index (χ0n) is 15.1. The fraction of sp³-hybridized carbons (Fsp3) is 0.611. The van der Waals surface area contributed by atoms with E-state index >= 15 is 4.39 Å². The molecule has 1 saturated carbocycles. The van der Waals surface area contributed by atoms with Gasteiger partial charge in [0.2, 0.25) is 17.4 Å². The zero-order valence-corrected chi connectivity index (χ0v) is 15.1. The maximum atomic E-state index is 15.2. The molecule has 0 bridgehead atoms. The largest absolute Gasteiger partial charge is 0.481 e. The number of likely N-dealkylation sites (tertiary alicyclic amines) is 1. The molecular weight excluding hydrogens is 341 g/mol. The minimum atomic E-state index is -2.06. The fourth-order valence-electron chi connectivity index (χ4n) is 3.11. The Kier molecular flexibility index (Phi) is 5.29. The molecule has 1 aliphatic carbocycles. The van der Waals surface area contributed by atoms with Crippen molar-refractivity contribution in [2.24, 2.45) is 5.92 Å². The Labute approximate surface area is 151 Å². The van der Waals surface area contributed by atoms with Gasteiger partial charge in [0.25, 0.3) is 11.8 Å². The molecule has 1 saturated heterocycles. The maximum Gasteiger partial charge on any atom is 0.259 e. The van der Waals surface area contributed by atoms with Crippen LogP contribution in [-0.2, 0) is 4.79 Å². The van der Waals surface area contributed by atoms with Crippen molar-refractivity contribution in [3.8, 4) is 11.8 Å². The standard InChI is InChI=1S/C18H24FN3O4/c1-25-14-7-6-13(15(21-14)26-2)16(23)22-9-3-8-18(19,11-22)17(24)20-10-12-4-5-12/h6-7,12H,3-5,8-11H2,1-2H3,(H,20,24). The molecule has 3 rings (SSSR count). The van der Waals surface area contributed by atoms with Gasteiger partial charge in [-0.25, -0.2) is 4.39 Å². The van der Waals surface area contributed by atoms with Gasteiger partial charge >= 0.3 is 0 Å². The SMILES string of the molecule is COc1ccc(C(=O)N2CCCC(F)(C(=O)NCC3CC3)C2)c(OC)n1. The van der Waals surface area contributed by atoms with E-state index in [-0.39, 0.29) is 24.4 Å². The molecule has 2 heterocycles. The lowest BCUT2D eigenvalue weighted by atomic mass is 9.93. The first-order valence-electron chi connectivity index (χ1n) is 8.82. The Morgan fingerprint density at radius 2 is 2.12 bits per heavy atom. The molecule has 1 N–H and O–H groups in total. The molecular formula is C18H24FN3O4. The summed E-state index contributed by atoms with van der Waals surface area (Å²) < 4.78 is 25.4. The van der Waals surface area contributed by atoms with Crippen LogP contribution in [0.2, 0.25) is 0 Å². The third-order valence-corrected chi connectivity index (χ3v) is 4.85. The second-order valence-electron chi connectivity index (χ2n) is 6.86. The van der Waals surface area contributed by atoms with Crippen LogP contribution < -0.4 is 14.8 Å². The number of hydrogen-bond acceptors (Lipinski definition) is 5. The highest BCUT2D eigenvalue weighted by molar-refractivity contribution is 5.97. The van der Waals surface area contributed by atoms with Gasteiger partial charge in [-0.3, -0.25) is 9.59 Å². The third kappa shape index (κ3) is 3.89. The lowest BCUT2D eigenvalue weighted by Crippen LogP contribution is -2.56. The number of halogens is 1. The number of ether oxygens (including phenoxy) is 2. The number of rotatable bonds is 6. The second kappa shape index (κ2) is 7.47. The van der Waals surface area contributed by atoms with E-state index in [1.807, 2.05) is 0 Å². The van der Waals surface area contributed by atoms with Crippen LogP contribution in [0.5, 0.6) is 11.8 Å². The van der Waals surface area contributed by atoms with Crippen molar-refractivity contribution >= 4 is 11.8 Å². The summed E-state index contributed by atoms with van der Waals surface area (Å²) in [4.78, 5) is 30.6. The summed E-state index contributed by atoms with van der Waals surface area (Å²) in [5.41, 5.74) is -1.84. The number of piperidine rings is 1. The summed E-state index contributed by atoms with van der Waals surface area (Å²) in [7, 11) is 2.87. The Bertz CT molecular complexity index is 695. The first-order valence-corrected chi connectivity index (χ1v) is 8.82. The maximum absolute atomic E-state index is 15.2. The normalized spacial score (nSPS) is 22.7. The Morgan fingerprint density at radius 1 is 1.35 bits per heavy atom. The van der Waals surface area contributed by atoms with Gasteiger partial charge in [-0.15, -0.1) is 0 Å². The molecule has 8 heteroatoms. The van der Waals surface area contributed by atoms with Crippen LogP contribution in [-0.4, -0.2) is 61.2 Å². The number of amides is 2. The number of pyridine rings is 1. The number of aromatic nitrogens is 1. The summed E-state index contributed by atoms with van der Waals surface area (Å²) >= 11 is 0. The van der Waals surface area contributed by atoms with Crippen molar-refractivity contribution in [2.45, 2.75) is 31.4 Å². The van der Waals surface area contributed by atoms with Crippen LogP contribution in [0, 0.1) is 5.92 Å². The Balaban J connectivity index is 1.72. The Morgan fingerprint density at radius 3 is 2.77 bits per heavy atom. The van der Waals surface area contributed by atoms with Crippen LogP contribution in [0.15, 0.2) is 12.1 Å². The topological polar surface area (TPSA) is 80.8 Å². The summed E-state index contributed by atoms with van der Waals surface area (Å²) in [6, 6.07) is 3.08. The first kappa shape index (κ1) is 18.4. The monoisotopic (exact) mass is 365 g/mol. The van der Waals surface area contributed by atoms with Crippen molar-refractivity contribution < 1.29 is 23.5 Å². The number of carbonyl (C=O) groups excluding carboxylic acids is 2. The van der Waals surface area contributed by atoms with E-state index in [4.69, 9.17) is 9.47 Å². The van der Waals surface area contributed by atoms with Gasteiger partial charge in [-0.1, -0.05) is 0 Å². The highest BCUT2D eigenvalue weighted by Crippen LogP contribution is 2.31. The average molecular weight is 365 g/mol. The van der Waals surface area contributed by atoms with Crippen molar-refractivity contribution in [1.29, 1.82) is 0 Å². The summed E-state index contributed by atoms with van der Waals surface area (Å²) in [5.74, 6) is -0.132. The van der Waals surface area contributed by atoms with E-state index in [0.717, 1.165) is 12.8 Å². The van der Waals surface area contributed by atoms with E-state index in [2.05, 4.69) is 10.3 Å². The molecule has 1 aliphatic heterocycles. The predicted molar refractivity (Wildman–Crippen MR) is 92.1 cm³/mol. The summed E-state index contributed by atoms with van der Waals surface area (Å²) in [5, 5.41) is 2.69. The quantitative estimate of drug-likeness (QED) is 0.828. The highest BCUT2D eigenvalue weighted by Gasteiger charge is 2.44. The molecule has 2 fully saturated rings. The van der Waals surface area contributed by atoms with Crippen LogP contribution in [0.1, 0.15) is 36.0 Å². The lowest BCUT2D eigenvalue weighted by Gasteiger charge is -2.36. The minimum absolute atomic E-state index is 0.113. The number of carbonyl (C=O) groups is 2. The van der Waals surface area contributed by atoms with Gasteiger partial charge in [0, 0.05) is 19.2 Å². The van der Waals surface area contributed by atoms with Crippen LogP contribution in [0.3, 0.4) is 0 Å². The Hall–Kier alpha value is -2.38. The van der Waals surface area contributed by atoms with Gasteiger partial charge in [-0.2, -0.15) is 4.98 Å². The molecule has 1 unspecified atom stereocenters. The highest BCUT2D eigenvalue weighted by atomic mass is 19.1. The van der Waals surface area contributed by atoms with Gasteiger partial charge in [0.05, 0.1) is 20.8 Å². The molecule has 2 amide bonds. The van der Waals surface area contributed by atoms with Gasteiger partial charge in [0.1, 0.15) is 5.56 Å². The van der Waals surface area contributed by atoms with Crippen molar-refractivity contribution in [3.05, 3.63) is 17.7 Å². The van der Waals surface area contributed by atoms with Gasteiger partial charge < -0.3 is 19.7 Å². The molecule has 2 aliphatic rings. The van der Waals surface area contributed by atoms with Crippen LogP contribution in [0.25, 0.3) is 0 Å². The number of alkyl halides is 1. The van der Waals surface area contributed by atoms with E-state index in [1.165, 1.54) is 25.2 Å². The second-order valence-corrected chi connectivity index (χ2v) is 6.86. The number of nitrogens with one attached hydrogen (secondary N) is 1. The number of hydrogen-bond donors (Lipinski definition) is 1. The van der Waals surface area contributed by atoms with E-state index in [9.17, 15) is 9.59 Å². The van der Waals surface area contributed by atoms with Crippen LogP contribution in [0.4, 0.5) is 4.39 Å². The minimum Gasteiger partial charge on any atom is -0.481 e. The van der Waals surface area contributed by atoms with Crippen molar-refractivity contribution in [3.63, 3.8) is 0 Å². The molecule has 1 aromatic heterocycles. The number of nitrogens with zero attached hydrogens (tertiary/aromatic N) is 2. The smallest absolute Gasteiger partial charge is 0.259 e. The molecule has 0 spiro atoms. The lowest BCUT2D eigenvalue weighted by molar-refractivity contribution is -0.135. The first-order chi connectivity index (χ1) is 12.5. The fourth-order valence-corrected chi connectivity index (χ4v) is 3.11. The van der Waals surface area contributed by atoms with Crippen molar-refractivity contribution in [1.82, 2.24) is 15.2 Å². The summed E-state index contributed by atoms with van der Waals surface area (Å²) in [6.07, 6.45) is 2.69. The zero-order chi connectivity index (χ0) is 18.7. The van der Waals surface area contributed by atoms with Crippen molar-refractivity contribution in [2.75, 3.05) is 33.9 Å². The molecule has 1 atom stereocenters. The summed E-state index contributed by atoms with van der Waals surface area (Å²) in [6.45, 7) is 0.627. The van der Waals surface area contributed by atoms with E-state index in [1.54, 1.807) is 6.07 Å². The molecule has 7 nitrogen and oxygen atoms in total. The molecule has 1 aromatic rings. The number of methoxy groups -OCH3 is 2. The third-order valence-electron chi connectivity index (χ3n) is 4.85.